The van der Waals surface area contributed by atoms with E-state index in [2.05, 4.69) is 0 Å². The normalized spacial score (nSPS) is 12.5. The molecular formula is C12H16O3S. The van der Waals surface area contributed by atoms with Gasteiger partial charge in [0.25, 0.3) is 0 Å². The molecule has 0 saturated heterocycles. The number of hydrogen-bond donors (Lipinski definition) is 0. The van der Waals surface area contributed by atoms with E-state index in [9.17, 15) is 8.42 Å². The zero-order chi connectivity index (χ0) is 12.0. The van der Waals surface area contributed by atoms with Crippen LogP contribution in [0.2, 0.25) is 0 Å². The first-order chi connectivity index (χ1) is 7.56. The molecule has 0 heterocycles. The summed E-state index contributed by atoms with van der Waals surface area (Å²) in [6.07, 6.45) is 2.06. The van der Waals surface area contributed by atoms with Crippen molar-refractivity contribution in [2.24, 2.45) is 0 Å². The van der Waals surface area contributed by atoms with Crippen LogP contribution in [0.25, 0.3) is 0 Å². The molecule has 0 unspecified atom stereocenters. The van der Waals surface area contributed by atoms with E-state index in [4.69, 9.17) is 4.74 Å². The molecular weight excluding hydrogens is 224 g/mol. The molecule has 1 rings (SSSR count). The summed E-state index contributed by atoms with van der Waals surface area (Å²) in [6.45, 7) is 1.85. The first kappa shape index (κ1) is 12.8. The van der Waals surface area contributed by atoms with Crippen molar-refractivity contribution < 1.29 is 13.2 Å². The van der Waals surface area contributed by atoms with Crippen LogP contribution in [-0.4, -0.2) is 21.3 Å². The fourth-order valence-corrected chi connectivity index (χ4v) is 2.70. The van der Waals surface area contributed by atoms with Gasteiger partial charge in [0.15, 0.2) is 9.84 Å². The minimum atomic E-state index is -3.17. The largest absolute Gasteiger partial charge is 0.504 e. The predicted molar refractivity (Wildman–Crippen MR) is 63.9 cm³/mol. The van der Waals surface area contributed by atoms with E-state index in [1.807, 2.05) is 6.92 Å². The number of ether oxygens (including phenoxy) is 1. The van der Waals surface area contributed by atoms with Crippen molar-refractivity contribution in [3.63, 3.8) is 0 Å². The third-order valence-electron chi connectivity index (χ3n) is 2.19. The number of sulfone groups is 1. The summed E-state index contributed by atoms with van der Waals surface area (Å²) in [4.78, 5) is 0.375. The van der Waals surface area contributed by atoms with Crippen LogP contribution in [0.3, 0.4) is 0 Å². The molecule has 0 radical (unpaired) electrons. The van der Waals surface area contributed by atoms with Crippen LogP contribution >= 0.6 is 0 Å². The van der Waals surface area contributed by atoms with Crippen LogP contribution in [0.5, 0.6) is 0 Å². The van der Waals surface area contributed by atoms with Gasteiger partial charge in [-0.3, -0.25) is 0 Å². The van der Waals surface area contributed by atoms with Gasteiger partial charge in [-0.2, -0.15) is 0 Å². The van der Waals surface area contributed by atoms with Gasteiger partial charge in [0, 0.05) is 0 Å². The Bertz CT molecular complexity index is 446. The third kappa shape index (κ3) is 3.70. The van der Waals surface area contributed by atoms with Crippen LogP contribution < -0.4 is 0 Å². The van der Waals surface area contributed by atoms with Crippen molar-refractivity contribution in [2.75, 3.05) is 12.9 Å². The van der Waals surface area contributed by atoms with Gasteiger partial charge in [-0.25, -0.2) is 8.42 Å². The SMILES string of the molecule is COC=C(C)CCS(=O)(=O)c1ccccc1. The van der Waals surface area contributed by atoms with Gasteiger partial charge in [-0.05, 0) is 31.1 Å². The summed E-state index contributed by atoms with van der Waals surface area (Å²) < 4.78 is 28.6. The first-order valence-corrected chi connectivity index (χ1v) is 6.68. The number of rotatable bonds is 5. The fraction of sp³-hybridized carbons (Fsp3) is 0.333. The molecule has 1 aromatic rings. The molecule has 0 atom stereocenters. The van der Waals surface area contributed by atoms with Gasteiger partial charge in [0.2, 0.25) is 0 Å². The Hall–Kier alpha value is -1.29. The van der Waals surface area contributed by atoms with Gasteiger partial charge in [-0.1, -0.05) is 18.2 Å². The minimum Gasteiger partial charge on any atom is -0.504 e. The number of hydrogen-bond acceptors (Lipinski definition) is 3. The monoisotopic (exact) mass is 240 g/mol. The van der Waals surface area contributed by atoms with Gasteiger partial charge < -0.3 is 4.74 Å². The Kier molecular flexibility index (Phi) is 4.55. The molecule has 0 fully saturated rings. The van der Waals surface area contributed by atoms with Crippen molar-refractivity contribution in [1.29, 1.82) is 0 Å². The Morgan fingerprint density at radius 2 is 1.94 bits per heavy atom. The Morgan fingerprint density at radius 3 is 2.50 bits per heavy atom. The third-order valence-corrected chi connectivity index (χ3v) is 3.92. The summed E-state index contributed by atoms with van der Waals surface area (Å²) in [6, 6.07) is 8.49. The van der Waals surface area contributed by atoms with Gasteiger partial charge in [0.05, 0.1) is 24.0 Å². The topological polar surface area (TPSA) is 43.4 Å². The van der Waals surface area contributed by atoms with Crippen molar-refractivity contribution in [3.8, 4) is 0 Å². The molecule has 4 heteroatoms. The lowest BCUT2D eigenvalue weighted by molar-refractivity contribution is 0.333. The summed E-state index contributed by atoms with van der Waals surface area (Å²) >= 11 is 0. The molecule has 3 nitrogen and oxygen atoms in total. The number of methoxy groups -OCH3 is 1. The van der Waals surface area contributed by atoms with E-state index in [1.54, 1.807) is 43.7 Å². The molecule has 0 spiro atoms. The van der Waals surface area contributed by atoms with E-state index in [1.165, 1.54) is 0 Å². The second kappa shape index (κ2) is 5.70. The van der Waals surface area contributed by atoms with Gasteiger partial charge in [-0.15, -0.1) is 0 Å². The molecule has 0 saturated carbocycles. The summed E-state index contributed by atoms with van der Waals surface area (Å²) in [5.41, 5.74) is 0.919. The first-order valence-electron chi connectivity index (χ1n) is 5.02. The summed E-state index contributed by atoms with van der Waals surface area (Å²) in [5.74, 6) is 0.114. The quantitative estimate of drug-likeness (QED) is 0.742. The van der Waals surface area contributed by atoms with E-state index in [-0.39, 0.29) is 5.75 Å². The average molecular weight is 240 g/mol. The van der Waals surface area contributed by atoms with Crippen LogP contribution in [0, 0.1) is 0 Å². The van der Waals surface area contributed by atoms with Crippen molar-refractivity contribution in [3.05, 3.63) is 42.2 Å². The van der Waals surface area contributed by atoms with Crippen molar-refractivity contribution >= 4 is 9.84 Å². The van der Waals surface area contributed by atoms with Gasteiger partial charge in [0.1, 0.15) is 0 Å². The number of benzene rings is 1. The molecule has 0 aliphatic heterocycles. The van der Waals surface area contributed by atoms with Crippen LogP contribution in [-0.2, 0) is 14.6 Å². The Balaban J connectivity index is 2.71. The predicted octanol–water partition coefficient (Wildman–Crippen LogP) is 2.40. The lowest BCUT2D eigenvalue weighted by Gasteiger charge is -2.04. The molecule has 16 heavy (non-hydrogen) atoms. The van der Waals surface area contributed by atoms with E-state index < -0.39 is 9.84 Å². The average Bonchev–Trinajstić information content (AvgIpc) is 2.28. The molecule has 0 N–H and O–H groups in total. The molecule has 0 bridgehead atoms. The van der Waals surface area contributed by atoms with E-state index >= 15 is 0 Å². The van der Waals surface area contributed by atoms with Crippen LogP contribution in [0.1, 0.15) is 13.3 Å². The standard InChI is InChI=1S/C12H16O3S/c1-11(10-15-2)8-9-16(13,14)12-6-4-3-5-7-12/h3-7,10H,8-9H2,1-2H3. The van der Waals surface area contributed by atoms with Crippen LogP contribution in [0.4, 0.5) is 0 Å². The number of allylic oxidation sites excluding steroid dienone is 1. The highest BCUT2D eigenvalue weighted by Gasteiger charge is 2.13. The molecule has 1 aromatic carbocycles. The van der Waals surface area contributed by atoms with Crippen LogP contribution in [0.15, 0.2) is 47.1 Å². The van der Waals surface area contributed by atoms with E-state index in [0.717, 1.165) is 5.57 Å². The molecule has 0 aliphatic carbocycles. The Morgan fingerprint density at radius 1 is 1.31 bits per heavy atom. The summed E-state index contributed by atoms with van der Waals surface area (Å²) in [5, 5.41) is 0. The lowest BCUT2D eigenvalue weighted by atomic mass is 10.3. The summed E-state index contributed by atoms with van der Waals surface area (Å²) in [7, 11) is -1.62. The van der Waals surface area contributed by atoms with Crippen molar-refractivity contribution in [2.45, 2.75) is 18.2 Å². The fourth-order valence-electron chi connectivity index (χ4n) is 1.30. The molecule has 0 aromatic heterocycles. The zero-order valence-corrected chi connectivity index (χ0v) is 10.3. The second-order valence-electron chi connectivity index (χ2n) is 3.58. The van der Waals surface area contributed by atoms with Crippen molar-refractivity contribution in [1.82, 2.24) is 0 Å². The minimum absolute atomic E-state index is 0.114. The zero-order valence-electron chi connectivity index (χ0n) is 9.51. The molecule has 88 valence electrons. The Labute approximate surface area is 96.7 Å². The van der Waals surface area contributed by atoms with Gasteiger partial charge >= 0.3 is 0 Å². The molecule has 0 amide bonds. The maximum atomic E-state index is 11.9. The molecule has 0 aliphatic rings. The maximum Gasteiger partial charge on any atom is 0.178 e. The highest BCUT2D eigenvalue weighted by molar-refractivity contribution is 7.91. The second-order valence-corrected chi connectivity index (χ2v) is 5.69. The lowest BCUT2D eigenvalue weighted by Crippen LogP contribution is -2.07. The maximum absolute atomic E-state index is 11.9. The van der Waals surface area contributed by atoms with E-state index in [0.29, 0.717) is 11.3 Å². The highest BCUT2D eigenvalue weighted by Crippen LogP contribution is 2.13. The smallest absolute Gasteiger partial charge is 0.178 e. The highest BCUT2D eigenvalue weighted by atomic mass is 32.2.